The normalized spacial score (nSPS) is 15.0. The van der Waals surface area contributed by atoms with Crippen molar-refractivity contribution in [3.8, 4) is 0 Å². The number of hydrogen-bond acceptors (Lipinski definition) is 6. The molecule has 0 fully saturated rings. The van der Waals surface area contributed by atoms with Crippen LogP contribution in [0, 0.1) is 0 Å². The third kappa shape index (κ3) is 3.58. The molecule has 8 nitrogen and oxygen atoms in total. The number of anilines is 1. The molecular weight excluding hydrogens is 358 g/mol. The van der Waals surface area contributed by atoms with Crippen LogP contribution in [0.1, 0.15) is 32.0 Å². The molecule has 1 aliphatic rings. The molecular formula is C20H23N5O3. The van der Waals surface area contributed by atoms with Crippen LogP contribution in [0.3, 0.4) is 0 Å². The van der Waals surface area contributed by atoms with Crippen molar-refractivity contribution in [2.75, 3.05) is 12.1 Å². The van der Waals surface area contributed by atoms with Crippen molar-refractivity contribution in [2.24, 2.45) is 0 Å². The maximum atomic E-state index is 12.2. The third-order valence-corrected chi connectivity index (χ3v) is 4.60. The Kier molecular flexibility index (Phi) is 4.54. The number of rotatable bonds is 5. The number of aromatic amines is 1. The van der Waals surface area contributed by atoms with Gasteiger partial charge in [-0.3, -0.25) is 0 Å². The van der Waals surface area contributed by atoms with Crippen molar-refractivity contribution in [2.45, 2.75) is 38.6 Å². The second kappa shape index (κ2) is 7.03. The Hall–Kier alpha value is -3.29. The van der Waals surface area contributed by atoms with Gasteiger partial charge in [-0.15, -0.1) is 5.10 Å². The Bertz CT molecular complexity index is 1060. The lowest BCUT2D eigenvalue weighted by Crippen LogP contribution is -2.27. The van der Waals surface area contributed by atoms with Gasteiger partial charge in [-0.2, -0.15) is 0 Å². The van der Waals surface area contributed by atoms with E-state index in [2.05, 4.69) is 27.6 Å². The van der Waals surface area contributed by atoms with Crippen molar-refractivity contribution in [1.82, 2.24) is 19.6 Å². The smallest absolute Gasteiger partial charge is 0.347 e. The first-order chi connectivity index (χ1) is 13.4. The molecule has 3 heterocycles. The molecule has 0 amide bonds. The number of ether oxygens (including phenoxy) is 2. The summed E-state index contributed by atoms with van der Waals surface area (Å²) in [7, 11) is 0. The Labute approximate surface area is 162 Å². The van der Waals surface area contributed by atoms with E-state index in [1.54, 1.807) is 12.5 Å². The minimum absolute atomic E-state index is 0.190. The number of hydrogen-bond donors (Lipinski definition) is 2. The Morgan fingerprint density at radius 2 is 2.07 bits per heavy atom. The summed E-state index contributed by atoms with van der Waals surface area (Å²) in [4.78, 5) is 16.9. The largest absolute Gasteiger partial charge is 0.462 e. The molecule has 2 aromatic heterocycles. The number of nitrogens with zero attached hydrogens (tertiary/aromatic N) is 3. The fourth-order valence-corrected chi connectivity index (χ4v) is 3.04. The van der Waals surface area contributed by atoms with Gasteiger partial charge in [0.2, 0.25) is 12.4 Å². The summed E-state index contributed by atoms with van der Waals surface area (Å²) in [5, 5.41) is 10.0. The summed E-state index contributed by atoms with van der Waals surface area (Å²) < 4.78 is 12.4. The molecule has 2 N–H and O–H groups in total. The van der Waals surface area contributed by atoms with Crippen LogP contribution in [0.25, 0.3) is 5.65 Å². The fourth-order valence-electron chi connectivity index (χ4n) is 3.04. The zero-order valence-corrected chi connectivity index (χ0v) is 16.1. The molecule has 0 saturated carbocycles. The molecule has 3 aromatic rings. The third-order valence-electron chi connectivity index (χ3n) is 4.60. The molecule has 1 unspecified atom stereocenters. The number of aromatic nitrogens is 4. The van der Waals surface area contributed by atoms with Gasteiger partial charge in [0.15, 0.2) is 11.6 Å². The van der Waals surface area contributed by atoms with Crippen LogP contribution in [0.15, 0.2) is 53.3 Å². The van der Waals surface area contributed by atoms with E-state index in [1.165, 1.54) is 4.40 Å². The van der Waals surface area contributed by atoms with E-state index < -0.39 is 0 Å². The predicted octanol–water partition coefficient (Wildman–Crippen LogP) is 2.58. The monoisotopic (exact) mass is 381 g/mol. The van der Waals surface area contributed by atoms with Gasteiger partial charge in [-0.25, -0.2) is 19.3 Å². The van der Waals surface area contributed by atoms with Crippen LogP contribution in [-0.2, 0) is 21.3 Å². The highest BCUT2D eigenvalue weighted by Crippen LogP contribution is 2.25. The van der Waals surface area contributed by atoms with E-state index in [0.717, 1.165) is 11.3 Å². The SMILES string of the molecule is CC(C)(C)c1cn2c(=O)[nH]nc2c(NC(Cc2ccccc2)C2=COCO2)n1. The highest BCUT2D eigenvalue weighted by molar-refractivity contribution is 5.63. The Morgan fingerprint density at radius 1 is 1.29 bits per heavy atom. The molecule has 0 bridgehead atoms. The second-order valence-corrected chi connectivity index (χ2v) is 7.78. The molecule has 0 aliphatic carbocycles. The number of benzene rings is 1. The molecule has 28 heavy (non-hydrogen) atoms. The van der Waals surface area contributed by atoms with Crippen molar-refractivity contribution in [3.63, 3.8) is 0 Å². The minimum Gasteiger partial charge on any atom is -0.462 e. The molecule has 4 rings (SSSR count). The number of H-pyrrole nitrogens is 1. The summed E-state index contributed by atoms with van der Waals surface area (Å²) in [6.45, 7) is 6.34. The first kappa shape index (κ1) is 18.1. The zero-order chi connectivity index (χ0) is 19.7. The van der Waals surface area contributed by atoms with E-state index in [9.17, 15) is 4.79 Å². The zero-order valence-electron chi connectivity index (χ0n) is 16.1. The Balaban J connectivity index is 1.75. The van der Waals surface area contributed by atoms with Crippen molar-refractivity contribution in [3.05, 3.63) is 70.3 Å². The van der Waals surface area contributed by atoms with E-state index in [1.807, 2.05) is 39.0 Å². The van der Waals surface area contributed by atoms with Crippen LogP contribution < -0.4 is 11.0 Å². The maximum Gasteiger partial charge on any atom is 0.347 e. The molecule has 0 radical (unpaired) electrons. The van der Waals surface area contributed by atoms with Gasteiger partial charge in [-0.05, 0) is 12.0 Å². The summed E-state index contributed by atoms with van der Waals surface area (Å²) in [6, 6.07) is 9.86. The van der Waals surface area contributed by atoms with Crippen molar-refractivity contribution < 1.29 is 9.47 Å². The van der Waals surface area contributed by atoms with E-state index >= 15 is 0 Å². The first-order valence-electron chi connectivity index (χ1n) is 9.15. The average Bonchev–Trinajstić information content (AvgIpc) is 3.32. The van der Waals surface area contributed by atoms with Gasteiger partial charge >= 0.3 is 5.69 Å². The molecule has 0 spiro atoms. The maximum absolute atomic E-state index is 12.2. The molecule has 8 heteroatoms. The van der Waals surface area contributed by atoms with Gasteiger partial charge in [0, 0.05) is 11.6 Å². The minimum atomic E-state index is -0.301. The van der Waals surface area contributed by atoms with E-state index in [0.29, 0.717) is 23.6 Å². The summed E-state index contributed by atoms with van der Waals surface area (Å²) >= 11 is 0. The van der Waals surface area contributed by atoms with E-state index in [4.69, 9.17) is 14.5 Å². The lowest BCUT2D eigenvalue weighted by Gasteiger charge is -2.22. The summed E-state index contributed by atoms with van der Waals surface area (Å²) in [6.07, 6.45) is 4.01. The van der Waals surface area contributed by atoms with Gasteiger partial charge in [-0.1, -0.05) is 51.1 Å². The van der Waals surface area contributed by atoms with Crippen LogP contribution >= 0.6 is 0 Å². The standard InChI is InChI=1S/C20H23N5O3/c1-20(2,3)16-10-25-18(23-24-19(25)26)17(22-16)21-14(15-11-27-12-28-15)9-13-7-5-4-6-8-13/h4-8,10-11,14H,9,12H2,1-3H3,(H,21,22)(H,24,26). The highest BCUT2D eigenvalue weighted by atomic mass is 16.7. The summed E-state index contributed by atoms with van der Waals surface area (Å²) in [5.74, 6) is 1.20. The van der Waals surface area contributed by atoms with Gasteiger partial charge in [0.1, 0.15) is 6.26 Å². The van der Waals surface area contributed by atoms with Gasteiger partial charge in [0.05, 0.1) is 11.7 Å². The topological polar surface area (TPSA) is 93.5 Å². The second-order valence-electron chi connectivity index (χ2n) is 7.78. The van der Waals surface area contributed by atoms with Crippen LogP contribution in [0.4, 0.5) is 5.82 Å². The van der Waals surface area contributed by atoms with Crippen LogP contribution in [0.2, 0.25) is 0 Å². The predicted molar refractivity (Wildman–Crippen MR) is 105 cm³/mol. The van der Waals surface area contributed by atoms with E-state index in [-0.39, 0.29) is 23.9 Å². The van der Waals surface area contributed by atoms with Gasteiger partial charge < -0.3 is 14.8 Å². The quantitative estimate of drug-likeness (QED) is 0.706. The Morgan fingerprint density at radius 3 is 2.75 bits per heavy atom. The molecule has 0 saturated heterocycles. The molecule has 1 aromatic carbocycles. The van der Waals surface area contributed by atoms with Crippen molar-refractivity contribution in [1.29, 1.82) is 0 Å². The lowest BCUT2D eigenvalue weighted by atomic mass is 9.92. The molecule has 1 aliphatic heterocycles. The fraction of sp³-hybridized carbons (Fsp3) is 0.350. The van der Waals surface area contributed by atoms with Crippen LogP contribution in [0.5, 0.6) is 0 Å². The summed E-state index contributed by atoms with van der Waals surface area (Å²) in [5.41, 5.74) is 1.82. The highest BCUT2D eigenvalue weighted by Gasteiger charge is 2.25. The van der Waals surface area contributed by atoms with Crippen LogP contribution in [-0.4, -0.2) is 32.4 Å². The number of fused-ring (bicyclic) bond motifs is 1. The number of nitrogens with one attached hydrogen (secondary N) is 2. The van der Waals surface area contributed by atoms with Gasteiger partial charge in [0.25, 0.3) is 0 Å². The van der Waals surface area contributed by atoms with Crippen molar-refractivity contribution >= 4 is 11.5 Å². The lowest BCUT2D eigenvalue weighted by molar-refractivity contribution is 0.0764. The first-order valence-corrected chi connectivity index (χ1v) is 9.15. The molecule has 146 valence electrons. The molecule has 1 atom stereocenters. The average molecular weight is 381 g/mol.